The molecular formula is C18H20N4S. The Bertz CT molecular complexity index is 855. The molecule has 2 aromatic heterocycles. The van der Waals surface area contributed by atoms with Gasteiger partial charge in [-0.15, -0.1) is 11.3 Å². The number of hydrogen-bond donors (Lipinski definition) is 0. The van der Waals surface area contributed by atoms with E-state index >= 15 is 0 Å². The molecule has 2 fully saturated rings. The summed E-state index contributed by atoms with van der Waals surface area (Å²) >= 11 is 1.88. The lowest BCUT2D eigenvalue weighted by atomic mass is 9.78. The van der Waals surface area contributed by atoms with Gasteiger partial charge in [0.1, 0.15) is 0 Å². The predicted octanol–water partition coefficient (Wildman–Crippen LogP) is 3.65. The molecule has 1 aromatic carbocycles. The second kappa shape index (κ2) is 5.14. The first-order valence-electron chi connectivity index (χ1n) is 8.40. The van der Waals surface area contributed by atoms with E-state index in [4.69, 9.17) is 4.98 Å². The number of fused-ring (bicyclic) bond motifs is 1. The molecular weight excluding hydrogens is 304 g/mol. The van der Waals surface area contributed by atoms with Crippen molar-refractivity contribution in [2.75, 3.05) is 13.1 Å². The standard InChI is InChI=1S/C18H20N4S/c1-21-11-14(10-19-21)12-3-4-16-17(9-12)23-18(20-16)13-7-15(8-13)22-5-2-6-22/h3-4,9-11,13,15H,2,5-8H2,1H3. The third-order valence-electron chi connectivity index (χ3n) is 5.31. The second-order valence-corrected chi connectivity index (χ2v) is 7.91. The SMILES string of the molecule is Cn1cc(-c2ccc3nc(C4CC(N5CCC5)C4)sc3c2)cn1. The molecule has 1 saturated carbocycles. The van der Waals surface area contributed by atoms with Crippen LogP contribution in [0.25, 0.3) is 21.3 Å². The fourth-order valence-electron chi connectivity index (χ4n) is 3.66. The average molecular weight is 324 g/mol. The molecule has 0 bridgehead atoms. The first-order valence-corrected chi connectivity index (χ1v) is 9.21. The predicted molar refractivity (Wildman–Crippen MR) is 93.8 cm³/mol. The number of benzene rings is 1. The molecule has 3 heterocycles. The largest absolute Gasteiger partial charge is 0.300 e. The second-order valence-electron chi connectivity index (χ2n) is 6.85. The molecule has 5 rings (SSSR count). The van der Waals surface area contributed by atoms with Crippen molar-refractivity contribution in [1.82, 2.24) is 19.7 Å². The van der Waals surface area contributed by atoms with Gasteiger partial charge in [0.2, 0.25) is 0 Å². The average Bonchev–Trinajstić information content (AvgIpc) is 3.04. The highest BCUT2D eigenvalue weighted by Crippen LogP contribution is 2.43. The summed E-state index contributed by atoms with van der Waals surface area (Å²) in [4.78, 5) is 7.52. The summed E-state index contributed by atoms with van der Waals surface area (Å²) in [6.45, 7) is 2.62. The summed E-state index contributed by atoms with van der Waals surface area (Å²) in [5.41, 5.74) is 3.55. The van der Waals surface area contributed by atoms with Gasteiger partial charge in [-0.25, -0.2) is 4.98 Å². The Morgan fingerprint density at radius 2 is 2.04 bits per heavy atom. The lowest BCUT2D eigenvalue weighted by Crippen LogP contribution is -2.50. The van der Waals surface area contributed by atoms with Crippen LogP contribution in [0.15, 0.2) is 30.6 Å². The van der Waals surface area contributed by atoms with Crippen molar-refractivity contribution in [1.29, 1.82) is 0 Å². The number of rotatable bonds is 3. The molecule has 0 atom stereocenters. The smallest absolute Gasteiger partial charge is 0.0970 e. The molecule has 0 radical (unpaired) electrons. The molecule has 0 spiro atoms. The van der Waals surface area contributed by atoms with Crippen molar-refractivity contribution in [3.05, 3.63) is 35.6 Å². The zero-order valence-electron chi connectivity index (χ0n) is 13.3. The minimum atomic E-state index is 0.680. The maximum Gasteiger partial charge on any atom is 0.0970 e. The van der Waals surface area contributed by atoms with Gasteiger partial charge in [0.15, 0.2) is 0 Å². The number of nitrogens with zero attached hydrogens (tertiary/aromatic N) is 4. The molecule has 0 unspecified atom stereocenters. The highest BCUT2D eigenvalue weighted by atomic mass is 32.1. The van der Waals surface area contributed by atoms with Crippen LogP contribution in [0.5, 0.6) is 0 Å². The van der Waals surface area contributed by atoms with Gasteiger partial charge < -0.3 is 4.90 Å². The van der Waals surface area contributed by atoms with Gasteiger partial charge in [-0.3, -0.25) is 4.68 Å². The maximum atomic E-state index is 4.89. The number of aromatic nitrogens is 3. The van der Waals surface area contributed by atoms with Crippen LogP contribution in [0.2, 0.25) is 0 Å². The molecule has 23 heavy (non-hydrogen) atoms. The first kappa shape index (κ1) is 13.7. The molecule has 0 amide bonds. The topological polar surface area (TPSA) is 34.0 Å². The van der Waals surface area contributed by atoms with Gasteiger partial charge in [-0.05, 0) is 50.0 Å². The number of hydrogen-bond acceptors (Lipinski definition) is 4. The van der Waals surface area contributed by atoms with Crippen molar-refractivity contribution in [3.63, 3.8) is 0 Å². The molecule has 5 heteroatoms. The molecule has 4 nitrogen and oxygen atoms in total. The van der Waals surface area contributed by atoms with E-state index in [9.17, 15) is 0 Å². The quantitative estimate of drug-likeness (QED) is 0.737. The summed E-state index contributed by atoms with van der Waals surface area (Å²) in [5, 5.41) is 5.60. The zero-order chi connectivity index (χ0) is 15.4. The monoisotopic (exact) mass is 324 g/mol. The van der Waals surface area contributed by atoms with E-state index in [-0.39, 0.29) is 0 Å². The fourth-order valence-corrected chi connectivity index (χ4v) is 4.79. The third-order valence-corrected chi connectivity index (χ3v) is 6.49. The molecule has 1 aliphatic heterocycles. The van der Waals surface area contributed by atoms with Gasteiger partial charge in [-0.2, -0.15) is 5.10 Å². The van der Waals surface area contributed by atoms with Crippen LogP contribution >= 0.6 is 11.3 Å². The van der Waals surface area contributed by atoms with Crippen molar-refractivity contribution < 1.29 is 0 Å². The van der Waals surface area contributed by atoms with E-state index in [0.717, 1.165) is 11.6 Å². The van der Waals surface area contributed by atoms with Crippen molar-refractivity contribution in [2.45, 2.75) is 31.2 Å². The molecule has 2 aliphatic rings. The van der Waals surface area contributed by atoms with E-state index in [1.807, 2.05) is 29.3 Å². The number of thiazole rings is 1. The van der Waals surface area contributed by atoms with E-state index in [0.29, 0.717) is 5.92 Å². The molecule has 118 valence electrons. The summed E-state index contributed by atoms with van der Waals surface area (Å²) in [6.07, 6.45) is 7.98. The van der Waals surface area contributed by atoms with E-state index < -0.39 is 0 Å². The van der Waals surface area contributed by atoms with E-state index in [1.165, 1.54) is 53.2 Å². The van der Waals surface area contributed by atoms with E-state index in [2.05, 4.69) is 34.4 Å². The van der Waals surface area contributed by atoms with Gasteiger partial charge in [-0.1, -0.05) is 6.07 Å². The van der Waals surface area contributed by atoms with Crippen LogP contribution in [0.1, 0.15) is 30.2 Å². The van der Waals surface area contributed by atoms with E-state index in [1.54, 1.807) is 0 Å². The first-order chi connectivity index (χ1) is 11.3. The highest BCUT2D eigenvalue weighted by Gasteiger charge is 2.37. The Balaban J connectivity index is 1.39. The normalized spacial score (nSPS) is 24.6. The zero-order valence-corrected chi connectivity index (χ0v) is 14.1. The van der Waals surface area contributed by atoms with Crippen LogP contribution in [0.4, 0.5) is 0 Å². The fraction of sp³-hybridized carbons (Fsp3) is 0.444. The summed E-state index contributed by atoms with van der Waals surface area (Å²) in [5.74, 6) is 0.680. The molecule has 0 N–H and O–H groups in total. The summed E-state index contributed by atoms with van der Waals surface area (Å²) < 4.78 is 3.15. The maximum absolute atomic E-state index is 4.89. The van der Waals surface area contributed by atoms with Crippen LogP contribution in [0.3, 0.4) is 0 Å². The number of aryl methyl sites for hydroxylation is 1. The van der Waals surface area contributed by atoms with Crippen LogP contribution in [-0.4, -0.2) is 38.8 Å². The molecule has 3 aromatic rings. The minimum absolute atomic E-state index is 0.680. The van der Waals surface area contributed by atoms with Crippen molar-refractivity contribution in [2.24, 2.45) is 7.05 Å². The van der Waals surface area contributed by atoms with Crippen LogP contribution in [-0.2, 0) is 7.05 Å². The Kier molecular flexibility index (Phi) is 3.06. The van der Waals surface area contributed by atoms with Crippen molar-refractivity contribution >= 4 is 21.6 Å². The highest BCUT2D eigenvalue weighted by molar-refractivity contribution is 7.18. The Morgan fingerprint density at radius 3 is 2.74 bits per heavy atom. The summed E-state index contributed by atoms with van der Waals surface area (Å²) in [6, 6.07) is 7.40. The Hall–Kier alpha value is -1.72. The molecule has 1 saturated heterocycles. The molecule has 1 aliphatic carbocycles. The van der Waals surface area contributed by atoms with Gasteiger partial charge in [0.05, 0.1) is 21.4 Å². The number of likely N-dealkylation sites (tertiary alicyclic amines) is 1. The van der Waals surface area contributed by atoms with Crippen LogP contribution < -0.4 is 0 Å². The summed E-state index contributed by atoms with van der Waals surface area (Å²) in [7, 11) is 1.96. The Morgan fingerprint density at radius 1 is 1.17 bits per heavy atom. The Labute approximate surface area is 139 Å². The van der Waals surface area contributed by atoms with Gasteiger partial charge in [0.25, 0.3) is 0 Å². The van der Waals surface area contributed by atoms with Crippen molar-refractivity contribution in [3.8, 4) is 11.1 Å². The third kappa shape index (κ3) is 2.30. The van der Waals surface area contributed by atoms with Gasteiger partial charge in [0, 0.05) is 30.8 Å². The lowest BCUT2D eigenvalue weighted by molar-refractivity contribution is 0.0541. The van der Waals surface area contributed by atoms with Gasteiger partial charge >= 0.3 is 0 Å². The lowest BCUT2D eigenvalue weighted by Gasteiger charge is -2.46. The minimum Gasteiger partial charge on any atom is -0.300 e. The van der Waals surface area contributed by atoms with Crippen LogP contribution in [0, 0.1) is 0 Å².